The Morgan fingerprint density at radius 1 is 1.23 bits per heavy atom. The Bertz CT molecular complexity index is 590. The first-order valence-electron chi connectivity index (χ1n) is 7.76. The molecule has 0 N–H and O–H groups in total. The first-order valence-corrected chi connectivity index (χ1v) is 9.44. The molecule has 0 spiro atoms. The summed E-state index contributed by atoms with van der Waals surface area (Å²) in [6.45, 7) is 7.37. The molecule has 1 saturated heterocycles. The number of aromatic nitrogens is 2. The molecule has 0 aromatic carbocycles. The van der Waals surface area contributed by atoms with Crippen LogP contribution in [0.25, 0.3) is 0 Å². The van der Waals surface area contributed by atoms with E-state index < -0.39 is 0 Å². The highest BCUT2D eigenvalue weighted by Gasteiger charge is 2.18. The van der Waals surface area contributed by atoms with Gasteiger partial charge in [-0.25, -0.2) is 9.97 Å². The van der Waals surface area contributed by atoms with Crippen molar-refractivity contribution in [1.82, 2.24) is 14.9 Å². The van der Waals surface area contributed by atoms with Crippen LogP contribution >= 0.6 is 27.3 Å². The predicted molar refractivity (Wildman–Crippen MR) is 95.5 cm³/mol. The van der Waals surface area contributed by atoms with Crippen molar-refractivity contribution in [1.29, 1.82) is 0 Å². The normalized spacial score (nSPS) is 16.2. The molecule has 0 bridgehead atoms. The third kappa shape index (κ3) is 4.06. The zero-order valence-electron chi connectivity index (χ0n) is 12.8. The molecule has 1 aliphatic heterocycles. The van der Waals surface area contributed by atoms with Gasteiger partial charge in [0.1, 0.15) is 5.82 Å². The first-order chi connectivity index (χ1) is 10.7. The Balaban J connectivity index is 1.51. The number of hydrogen-bond donors (Lipinski definition) is 0. The Kier molecular flexibility index (Phi) is 5.44. The smallest absolute Gasteiger partial charge is 0.128 e. The van der Waals surface area contributed by atoms with Crippen LogP contribution in [0.1, 0.15) is 24.0 Å². The van der Waals surface area contributed by atoms with Gasteiger partial charge in [0.2, 0.25) is 0 Å². The Hall–Kier alpha value is -0.980. The number of aryl methyl sites for hydroxylation is 1. The lowest BCUT2D eigenvalue weighted by atomic mass is 10.3. The van der Waals surface area contributed by atoms with Gasteiger partial charge in [0.05, 0.1) is 10.7 Å². The molecule has 0 atom stereocenters. The number of nitrogens with zero attached hydrogens (tertiary/aromatic N) is 4. The van der Waals surface area contributed by atoms with E-state index in [1.165, 1.54) is 17.1 Å². The van der Waals surface area contributed by atoms with E-state index in [9.17, 15) is 0 Å². The molecular weight excluding hydrogens is 360 g/mol. The van der Waals surface area contributed by atoms with Crippen molar-refractivity contribution >= 4 is 33.1 Å². The molecule has 4 nitrogen and oxygen atoms in total. The van der Waals surface area contributed by atoms with E-state index in [0.29, 0.717) is 0 Å². The number of piperazine rings is 1. The summed E-state index contributed by atoms with van der Waals surface area (Å²) in [6.07, 6.45) is 4.14. The van der Waals surface area contributed by atoms with Crippen LogP contribution in [0.4, 0.5) is 5.82 Å². The van der Waals surface area contributed by atoms with E-state index in [1.807, 2.05) is 6.20 Å². The molecule has 2 aromatic rings. The highest BCUT2D eigenvalue weighted by atomic mass is 79.9. The summed E-state index contributed by atoms with van der Waals surface area (Å²) in [4.78, 5) is 14.1. The number of rotatable bonds is 5. The molecule has 1 fully saturated rings. The number of thiazole rings is 1. The van der Waals surface area contributed by atoms with E-state index in [0.717, 1.165) is 49.4 Å². The maximum Gasteiger partial charge on any atom is 0.128 e. The summed E-state index contributed by atoms with van der Waals surface area (Å²) >= 11 is 5.23. The van der Waals surface area contributed by atoms with Crippen molar-refractivity contribution < 1.29 is 0 Å². The third-order valence-corrected chi connectivity index (χ3v) is 5.28. The van der Waals surface area contributed by atoms with Gasteiger partial charge in [-0.3, -0.25) is 4.90 Å². The molecule has 1 aliphatic rings. The second-order valence-electron chi connectivity index (χ2n) is 5.58. The summed E-state index contributed by atoms with van der Waals surface area (Å²) in [5, 5.41) is 3.49. The van der Waals surface area contributed by atoms with Gasteiger partial charge in [-0.15, -0.1) is 11.3 Å². The fourth-order valence-corrected chi connectivity index (χ4v) is 3.80. The lowest BCUT2D eigenvalue weighted by Crippen LogP contribution is -2.46. The molecule has 6 heteroatoms. The van der Waals surface area contributed by atoms with Crippen LogP contribution in [0.5, 0.6) is 0 Å². The van der Waals surface area contributed by atoms with E-state index >= 15 is 0 Å². The molecule has 0 saturated carbocycles. The molecule has 118 valence electrons. The molecule has 3 rings (SSSR count). The van der Waals surface area contributed by atoms with Crippen molar-refractivity contribution in [3.63, 3.8) is 0 Å². The van der Waals surface area contributed by atoms with E-state index in [2.05, 4.69) is 55.2 Å². The van der Waals surface area contributed by atoms with Gasteiger partial charge in [0.25, 0.3) is 0 Å². The van der Waals surface area contributed by atoms with Crippen LogP contribution < -0.4 is 4.90 Å². The minimum atomic E-state index is 0.974. The minimum Gasteiger partial charge on any atom is -0.354 e. The Morgan fingerprint density at radius 2 is 2.05 bits per heavy atom. The number of halogens is 1. The molecular formula is C16H21BrN4S. The van der Waals surface area contributed by atoms with Crippen molar-refractivity contribution in [2.24, 2.45) is 0 Å². The average Bonchev–Trinajstić information content (AvgIpc) is 2.97. The summed E-state index contributed by atoms with van der Waals surface area (Å²) in [5.74, 6) is 1.07. The maximum atomic E-state index is 4.73. The molecule has 0 unspecified atom stereocenters. The third-order valence-electron chi connectivity index (χ3n) is 3.86. The van der Waals surface area contributed by atoms with Crippen molar-refractivity contribution in [3.8, 4) is 0 Å². The summed E-state index contributed by atoms with van der Waals surface area (Å²) in [7, 11) is 0. The molecule has 2 aromatic heterocycles. The van der Waals surface area contributed by atoms with Crippen molar-refractivity contribution in [2.75, 3.05) is 31.1 Å². The minimum absolute atomic E-state index is 0.974. The summed E-state index contributed by atoms with van der Waals surface area (Å²) in [5.41, 5.74) is 1.23. The van der Waals surface area contributed by atoms with Crippen molar-refractivity contribution in [3.05, 3.63) is 38.9 Å². The van der Waals surface area contributed by atoms with Crippen LogP contribution in [0, 0.1) is 0 Å². The molecule has 0 radical (unpaired) electrons. The highest BCUT2D eigenvalue weighted by Crippen LogP contribution is 2.18. The van der Waals surface area contributed by atoms with Gasteiger partial charge < -0.3 is 4.90 Å². The van der Waals surface area contributed by atoms with Gasteiger partial charge >= 0.3 is 0 Å². The molecule has 22 heavy (non-hydrogen) atoms. The average molecular weight is 381 g/mol. The quantitative estimate of drug-likeness (QED) is 0.793. The maximum absolute atomic E-state index is 4.73. The van der Waals surface area contributed by atoms with Crippen LogP contribution in [0.3, 0.4) is 0 Å². The van der Waals surface area contributed by atoms with E-state index in [4.69, 9.17) is 4.98 Å². The second kappa shape index (κ2) is 7.53. The molecule has 3 heterocycles. The van der Waals surface area contributed by atoms with Gasteiger partial charge in [-0.1, -0.05) is 6.92 Å². The van der Waals surface area contributed by atoms with E-state index in [-0.39, 0.29) is 0 Å². The van der Waals surface area contributed by atoms with Gasteiger partial charge in [-0.05, 0) is 40.9 Å². The topological polar surface area (TPSA) is 32.3 Å². The lowest BCUT2D eigenvalue weighted by molar-refractivity contribution is 0.247. The Labute approximate surface area is 144 Å². The number of pyridine rings is 1. The van der Waals surface area contributed by atoms with Crippen LogP contribution in [0.15, 0.2) is 28.2 Å². The summed E-state index contributed by atoms with van der Waals surface area (Å²) in [6, 6.07) is 4.14. The first kappa shape index (κ1) is 15.9. The Morgan fingerprint density at radius 3 is 2.73 bits per heavy atom. The van der Waals surface area contributed by atoms with Crippen LogP contribution in [-0.2, 0) is 13.0 Å². The van der Waals surface area contributed by atoms with Gasteiger partial charge in [-0.2, -0.15) is 0 Å². The van der Waals surface area contributed by atoms with Crippen LogP contribution in [0.2, 0.25) is 0 Å². The van der Waals surface area contributed by atoms with Crippen LogP contribution in [-0.4, -0.2) is 41.0 Å². The zero-order chi connectivity index (χ0) is 15.4. The SMILES string of the molecule is CCCc1nc(CN2CCN(c3ccc(Br)cn3)CC2)cs1. The largest absolute Gasteiger partial charge is 0.354 e. The van der Waals surface area contributed by atoms with Gasteiger partial charge in [0, 0.05) is 48.8 Å². The molecule has 0 amide bonds. The fraction of sp³-hybridized carbons (Fsp3) is 0.500. The van der Waals surface area contributed by atoms with Crippen molar-refractivity contribution in [2.45, 2.75) is 26.3 Å². The van der Waals surface area contributed by atoms with Gasteiger partial charge in [0.15, 0.2) is 0 Å². The molecule has 0 aliphatic carbocycles. The number of anilines is 1. The summed E-state index contributed by atoms with van der Waals surface area (Å²) < 4.78 is 1.03. The fourth-order valence-electron chi connectivity index (χ4n) is 2.67. The number of hydrogen-bond acceptors (Lipinski definition) is 5. The second-order valence-corrected chi connectivity index (χ2v) is 7.44. The zero-order valence-corrected chi connectivity index (χ0v) is 15.2. The lowest BCUT2D eigenvalue weighted by Gasteiger charge is -2.35. The van der Waals surface area contributed by atoms with E-state index in [1.54, 1.807) is 11.3 Å². The monoisotopic (exact) mass is 380 g/mol. The standard InChI is InChI=1S/C16H21BrN4S/c1-2-3-16-19-14(12-22-16)11-20-6-8-21(9-7-20)15-5-4-13(17)10-18-15/h4-5,10,12H,2-3,6-9,11H2,1H3. The predicted octanol–water partition coefficient (Wildman–Crippen LogP) is 3.58. The highest BCUT2D eigenvalue weighted by molar-refractivity contribution is 9.10.